The van der Waals surface area contributed by atoms with E-state index in [1.54, 1.807) is 36.4 Å². The molecule has 0 aromatic heterocycles. The first-order chi connectivity index (χ1) is 13.4. The molecule has 0 aliphatic carbocycles. The minimum absolute atomic E-state index is 0.0114. The molecule has 8 heteroatoms. The monoisotopic (exact) mass is 404 g/mol. The van der Waals surface area contributed by atoms with Crippen LogP contribution in [-0.4, -0.2) is 46.5 Å². The van der Waals surface area contributed by atoms with Crippen LogP contribution in [0.25, 0.3) is 0 Å². The lowest BCUT2D eigenvalue weighted by atomic mass is 10.1. The minimum Gasteiger partial charge on any atom is -0.497 e. The number of carbonyl (C=O) groups is 1. The zero-order valence-corrected chi connectivity index (χ0v) is 16.8. The molecule has 2 aromatic carbocycles. The van der Waals surface area contributed by atoms with E-state index in [4.69, 9.17) is 9.47 Å². The van der Waals surface area contributed by atoms with Crippen LogP contribution in [0.15, 0.2) is 47.4 Å². The molecule has 0 atom stereocenters. The Morgan fingerprint density at radius 1 is 1.04 bits per heavy atom. The molecule has 1 aliphatic rings. The first-order valence-electron chi connectivity index (χ1n) is 9.04. The summed E-state index contributed by atoms with van der Waals surface area (Å²) in [6.07, 6.45) is 2.43. The van der Waals surface area contributed by atoms with Crippen LogP contribution >= 0.6 is 0 Å². The van der Waals surface area contributed by atoms with Gasteiger partial charge < -0.3 is 14.4 Å². The van der Waals surface area contributed by atoms with Gasteiger partial charge in [0.2, 0.25) is 5.91 Å². The fraction of sp³-hybridized carbons (Fsp3) is 0.350. The molecule has 0 unspecified atom stereocenters. The number of nitrogens with zero attached hydrogens (tertiary/aromatic N) is 1. The maximum atomic E-state index is 12.8. The molecule has 1 saturated heterocycles. The number of rotatable bonds is 7. The molecule has 1 N–H and O–H groups in total. The van der Waals surface area contributed by atoms with Crippen molar-refractivity contribution >= 4 is 21.6 Å². The second-order valence-corrected chi connectivity index (χ2v) is 8.23. The number of ether oxygens (including phenoxy) is 2. The van der Waals surface area contributed by atoms with Crippen LogP contribution in [0.4, 0.5) is 5.69 Å². The number of hydrogen-bond donors (Lipinski definition) is 1. The first kappa shape index (κ1) is 20.0. The largest absolute Gasteiger partial charge is 0.497 e. The number of amides is 1. The van der Waals surface area contributed by atoms with Gasteiger partial charge in [0.1, 0.15) is 16.4 Å². The Hall–Kier alpha value is -2.74. The van der Waals surface area contributed by atoms with Gasteiger partial charge in [0.25, 0.3) is 10.0 Å². The molecule has 1 aliphatic heterocycles. The fourth-order valence-corrected chi connectivity index (χ4v) is 4.39. The van der Waals surface area contributed by atoms with Crippen molar-refractivity contribution < 1.29 is 22.7 Å². The highest BCUT2D eigenvalue weighted by atomic mass is 32.2. The summed E-state index contributed by atoms with van der Waals surface area (Å²) in [7, 11) is -0.992. The number of nitrogens with one attached hydrogen (secondary N) is 1. The van der Waals surface area contributed by atoms with Gasteiger partial charge >= 0.3 is 0 Å². The zero-order valence-electron chi connectivity index (χ0n) is 16.0. The van der Waals surface area contributed by atoms with E-state index in [-0.39, 0.29) is 16.6 Å². The molecule has 0 radical (unpaired) electrons. The van der Waals surface area contributed by atoms with E-state index >= 15 is 0 Å². The third-order valence-corrected chi connectivity index (χ3v) is 6.08. The average molecular weight is 404 g/mol. The van der Waals surface area contributed by atoms with Crippen molar-refractivity contribution in [3.8, 4) is 11.5 Å². The van der Waals surface area contributed by atoms with Gasteiger partial charge in [0.15, 0.2) is 0 Å². The van der Waals surface area contributed by atoms with E-state index in [1.807, 2.05) is 4.90 Å². The molecule has 150 valence electrons. The van der Waals surface area contributed by atoms with Crippen molar-refractivity contribution in [2.24, 2.45) is 0 Å². The molecular weight excluding hydrogens is 380 g/mol. The highest BCUT2D eigenvalue weighted by Crippen LogP contribution is 2.29. The molecule has 3 rings (SSSR count). The van der Waals surface area contributed by atoms with E-state index in [9.17, 15) is 13.2 Å². The Bertz CT molecular complexity index is 936. The van der Waals surface area contributed by atoms with Gasteiger partial charge in [0.05, 0.1) is 20.6 Å². The summed E-state index contributed by atoms with van der Waals surface area (Å²) in [6.45, 7) is 1.64. The van der Waals surface area contributed by atoms with Crippen LogP contribution < -0.4 is 14.2 Å². The smallest absolute Gasteiger partial charge is 0.265 e. The lowest BCUT2D eigenvalue weighted by molar-refractivity contribution is -0.129. The Balaban J connectivity index is 1.73. The average Bonchev–Trinajstić information content (AvgIpc) is 3.24. The molecule has 0 bridgehead atoms. The van der Waals surface area contributed by atoms with Crippen LogP contribution in [0, 0.1) is 0 Å². The predicted octanol–water partition coefficient (Wildman–Crippen LogP) is 2.67. The SMILES string of the molecule is COc1ccc(OC)c(S(=O)(=O)Nc2ccc(CC(=O)N3CCCC3)cc2)c1. The molecule has 1 heterocycles. The fourth-order valence-electron chi connectivity index (χ4n) is 3.15. The highest BCUT2D eigenvalue weighted by molar-refractivity contribution is 7.92. The number of sulfonamides is 1. The van der Waals surface area contributed by atoms with Gasteiger partial charge in [-0.3, -0.25) is 9.52 Å². The van der Waals surface area contributed by atoms with Crippen molar-refractivity contribution in [1.82, 2.24) is 4.90 Å². The van der Waals surface area contributed by atoms with Crippen molar-refractivity contribution in [3.63, 3.8) is 0 Å². The van der Waals surface area contributed by atoms with Crippen LogP contribution in [0.3, 0.4) is 0 Å². The second-order valence-electron chi connectivity index (χ2n) is 6.58. The van der Waals surface area contributed by atoms with Gasteiger partial charge in [-0.25, -0.2) is 8.42 Å². The predicted molar refractivity (Wildman–Crippen MR) is 106 cm³/mol. The van der Waals surface area contributed by atoms with Crippen LogP contribution in [0.5, 0.6) is 11.5 Å². The lowest BCUT2D eigenvalue weighted by Crippen LogP contribution is -2.29. The maximum Gasteiger partial charge on any atom is 0.265 e. The highest BCUT2D eigenvalue weighted by Gasteiger charge is 2.21. The summed E-state index contributed by atoms with van der Waals surface area (Å²) in [5, 5.41) is 0. The van der Waals surface area contributed by atoms with Gasteiger partial charge in [0, 0.05) is 24.8 Å². The molecule has 1 fully saturated rings. The number of benzene rings is 2. The van der Waals surface area contributed by atoms with Crippen molar-refractivity contribution in [1.29, 1.82) is 0 Å². The van der Waals surface area contributed by atoms with E-state index in [2.05, 4.69) is 4.72 Å². The normalized spacial score (nSPS) is 14.0. The molecule has 0 saturated carbocycles. The number of methoxy groups -OCH3 is 2. The number of likely N-dealkylation sites (tertiary alicyclic amines) is 1. The van der Waals surface area contributed by atoms with Crippen molar-refractivity contribution in [2.45, 2.75) is 24.2 Å². The van der Waals surface area contributed by atoms with E-state index in [0.717, 1.165) is 31.5 Å². The van der Waals surface area contributed by atoms with Crippen molar-refractivity contribution in [2.75, 3.05) is 32.0 Å². The molecule has 7 nitrogen and oxygen atoms in total. The topological polar surface area (TPSA) is 84.9 Å². The van der Waals surface area contributed by atoms with Crippen LogP contribution in [0.2, 0.25) is 0 Å². The molecule has 1 amide bonds. The van der Waals surface area contributed by atoms with E-state index < -0.39 is 10.0 Å². The summed E-state index contributed by atoms with van der Waals surface area (Å²) in [6, 6.07) is 11.4. The molecule has 2 aromatic rings. The number of anilines is 1. The summed E-state index contributed by atoms with van der Waals surface area (Å²) >= 11 is 0. The third kappa shape index (κ3) is 4.56. The van der Waals surface area contributed by atoms with Crippen molar-refractivity contribution in [3.05, 3.63) is 48.0 Å². The maximum absolute atomic E-state index is 12.8. The zero-order chi connectivity index (χ0) is 20.1. The quantitative estimate of drug-likeness (QED) is 0.767. The summed E-state index contributed by atoms with van der Waals surface area (Å²) in [5.74, 6) is 0.741. The Kier molecular flexibility index (Phi) is 6.08. The molecular formula is C20H24N2O5S. The van der Waals surface area contributed by atoms with E-state index in [1.165, 1.54) is 20.3 Å². The van der Waals surface area contributed by atoms with Gasteiger partial charge in [-0.2, -0.15) is 0 Å². The Morgan fingerprint density at radius 2 is 1.71 bits per heavy atom. The lowest BCUT2D eigenvalue weighted by Gasteiger charge is -2.15. The Labute approximate surface area is 165 Å². The third-order valence-electron chi connectivity index (χ3n) is 4.68. The molecule has 28 heavy (non-hydrogen) atoms. The summed E-state index contributed by atoms with van der Waals surface area (Å²) < 4.78 is 38.4. The summed E-state index contributed by atoms with van der Waals surface area (Å²) in [4.78, 5) is 14.1. The Morgan fingerprint density at radius 3 is 2.32 bits per heavy atom. The van der Waals surface area contributed by atoms with Crippen LogP contribution in [0.1, 0.15) is 18.4 Å². The minimum atomic E-state index is -3.87. The van der Waals surface area contributed by atoms with E-state index in [0.29, 0.717) is 17.9 Å². The summed E-state index contributed by atoms with van der Waals surface area (Å²) in [5.41, 5.74) is 1.25. The first-order valence-corrected chi connectivity index (χ1v) is 10.5. The van der Waals surface area contributed by atoms with Crippen LogP contribution in [-0.2, 0) is 21.2 Å². The van der Waals surface area contributed by atoms with Gasteiger partial charge in [-0.15, -0.1) is 0 Å². The standard InChI is InChI=1S/C20H24N2O5S/c1-26-17-9-10-18(27-2)19(14-17)28(24,25)21-16-7-5-15(6-8-16)13-20(23)22-11-3-4-12-22/h5-10,14,21H,3-4,11-13H2,1-2H3. The van der Waals surface area contributed by atoms with Gasteiger partial charge in [-0.05, 0) is 42.7 Å². The molecule has 0 spiro atoms. The van der Waals surface area contributed by atoms with Gasteiger partial charge in [-0.1, -0.05) is 12.1 Å². The number of carbonyl (C=O) groups excluding carboxylic acids is 1. The number of hydrogen-bond acceptors (Lipinski definition) is 5. The second kappa shape index (κ2) is 8.52.